The summed E-state index contributed by atoms with van der Waals surface area (Å²) in [6.45, 7) is 2.22. The highest BCUT2D eigenvalue weighted by Crippen LogP contribution is 2.09. The van der Waals surface area contributed by atoms with Crippen LogP contribution < -0.4 is 11.2 Å². The number of aromatic nitrogens is 2. The maximum atomic E-state index is 11.9. The van der Waals surface area contributed by atoms with E-state index in [1.54, 1.807) is 6.92 Å². The molecule has 1 N–H and O–H groups in total. The molecule has 0 bridgehead atoms. The number of aromatic amines is 1. The summed E-state index contributed by atoms with van der Waals surface area (Å²) in [4.78, 5) is 37.0. The predicted octanol–water partition coefficient (Wildman–Crippen LogP) is 0.934. The molecule has 1 heterocycles. The Hall–Kier alpha value is -2.47. The van der Waals surface area contributed by atoms with E-state index in [0.717, 1.165) is 5.56 Å². The highest BCUT2D eigenvalue weighted by molar-refractivity contribution is 5.75. The molecular formula is C15H16N2O4. The molecule has 0 aliphatic rings. The first kappa shape index (κ1) is 14.9. The largest absolute Gasteiger partial charge is 0.361 e. The molecule has 0 unspecified atom stereocenters. The molecule has 2 aromatic rings. The summed E-state index contributed by atoms with van der Waals surface area (Å²) in [5.41, 5.74) is -0.0361. The van der Waals surface area contributed by atoms with Crippen molar-refractivity contribution in [3.63, 3.8) is 0 Å². The van der Waals surface area contributed by atoms with Crippen molar-refractivity contribution >= 4 is 6.29 Å². The average Bonchev–Trinajstić information content (AvgIpc) is 2.48. The minimum Gasteiger partial charge on any atom is -0.361 e. The summed E-state index contributed by atoms with van der Waals surface area (Å²) in [6.07, 6.45) is 0.778. The van der Waals surface area contributed by atoms with Crippen LogP contribution in [0.1, 0.15) is 28.5 Å². The molecule has 0 aliphatic carbocycles. The summed E-state index contributed by atoms with van der Waals surface area (Å²) in [5, 5.41) is 0. The molecule has 0 saturated heterocycles. The van der Waals surface area contributed by atoms with Crippen LogP contribution in [-0.4, -0.2) is 22.4 Å². The zero-order valence-electron chi connectivity index (χ0n) is 11.7. The lowest BCUT2D eigenvalue weighted by molar-refractivity contribution is 0.0820. The SMILES string of the molecule is CCOCn1c(Cc2ccccc2)c(C=O)c(=O)[nH]c1=O. The summed E-state index contributed by atoms with van der Waals surface area (Å²) >= 11 is 0. The first-order valence-electron chi connectivity index (χ1n) is 6.60. The van der Waals surface area contributed by atoms with Gasteiger partial charge in [0.25, 0.3) is 5.56 Å². The number of nitrogens with zero attached hydrogens (tertiary/aromatic N) is 1. The topological polar surface area (TPSA) is 81.2 Å². The number of benzene rings is 1. The van der Waals surface area contributed by atoms with Gasteiger partial charge in [-0.2, -0.15) is 0 Å². The Labute approximate surface area is 121 Å². The third kappa shape index (κ3) is 3.35. The first-order chi connectivity index (χ1) is 10.2. The molecule has 21 heavy (non-hydrogen) atoms. The fraction of sp³-hybridized carbons (Fsp3) is 0.267. The summed E-state index contributed by atoms with van der Waals surface area (Å²) in [6, 6.07) is 9.31. The molecule has 0 aliphatic heterocycles. The van der Waals surface area contributed by atoms with Gasteiger partial charge in [0.1, 0.15) is 6.73 Å². The molecule has 0 spiro atoms. The van der Waals surface area contributed by atoms with Crippen molar-refractivity contribution in [1.29, 1.82) is 0 Å². The smallest absolute Gasteiger partial charge is 0.330 e. The maximum Gasteiger partial charge on any atom is 0.330 e. The van der Waals surface area contributed by atoms with Gasteiger partial charge in [0.05, 0.1) is 5.56 Å². The Morgan fingerprint density at radius 1 is 1.24 bits per heavy atom. The third-order valence-corrected chi connectivity index (χ3v) is 3.10. The van der Waals surface area contributed by atoms with Crippen LogP contribution in [0.4, 0.5) is 0 Å². The molecule has 0 atom stereocenters. The second-order valence-electron chi connectivity index (χ2n) is 4.45. The van der Waals surface area contributed by atoms with Gasteiger partial charge in [-0.3, -0.25) is 19.1 Å². The van der Waals surface area contributed by atoms with E-state index in [0.29, 0.717) is 25.0 Å². The highest BCUT2D eigenvalue weighted by atomic mass is 16.5. The lowest BCUT2D eigenvalue weighted by Gasteiger charge is -2.13. The van der Waals surface area contributed by atoms with Crippen molar-refractivity contribution in [3.8, 4) is 0 Å². The molecule has 6 nitrogen and oxygen atoms in total. The van der Waals surface area contributed by atoms with Crippen LogP contribution in [0.25, 0.3) is 0 Å². The van der Waals surface area contributed by atoms with E-state index in [4.69, 9.17) is 4.74 Å². The highest BCUT2D eigenvalue weighted by Gasteiger charge is 2.14. The van der Waals surface area contributed by atoms with E-state index in [9.17, 15) is 14.4 Å². The van der Waals surface area contributed by atoms with E-state index >= 15 is 0 Å². The van der Waals surface area contributed by atoms with E-state index in [1.165, 1.54) is 4.57 Å². The average molecular weight is 288 g/mol. The zero-order valence-corrected chi connectivity index (χ0v) is 11.7. The number of H-pyrrole nitrogens is 1. The van der Waals surface area contributed by atoms with E-state index in [-0.39, 0.29) is 12.3 Å². The Kier molecular flexibility index (Phi) is 4.84. The van der Waals surface area contributed by atoms with Crippen molar-refractivity contribution in [3.05, 3.63) is 68.0 Å². The third-order valence-electron chi connectivity index (χ3n) is 3.10. The predicted molar refractivity (Wildman–Crippen MR) is 77.6 cm³/mol. The van der Waals surface area contributed by atoms with Crippen LogP contribution in [0.3, 0.4) is 0 Å². The van der Waals surface area contributed by atoms with Crippen LogP contribution in [0.2, 0.25) is 0 Å². The summed E-state index contributed by atoms with van der Waals surface area (Å²) in [7, 11) is 0. The van der Waals surface area contributed by atoms with Crippen molar-refractivity contribution in [2.75, 3.05) is 6.61 Å². The molecule has 110 valence electrons. The number of carbonyl (C=O) groups is 1. The second kappa shape index (κ2) is 6.81. The number of hydrogen-bond acceptors (Lipinski definition) is 4. The van der Waals surface area contributed by atoms with Gasteiger partial charge in [-0.25, -0.2) is 4.79 Å². The lowest BCUT2D eigenvalue weighted by atomic mass is 10.1. The van der Waals surface area contributed by atoms with E-state index in [2.05, 4.69) is 4.98 Å². The van der Waals surface area contributed by atoms with Gasteiger partial charge in [0, 0.05) is 18.7 Å². The number of carbonyl (C=O) groups excluding carboxylic acids is 1. The molecular weight excluding hydrogens is 272 g/mol. The first-order valence-corrected chi connectivity index (χ1v) is 6.60. The van der Waals surface area contributed by atoms with Crippen LogP contribution >= 0.6 is 0 Å². The van der Waals surface area contributed by atoms with Gasteiger partial charge in [-0.1, -0.05) is 30.3 Å². The Balaban J connectivity index is 2.56. The van der Waals surface area contributed by atoms with Crippen LogP contribution in [0.5, 0.6) is 0 Å². The number of hydrogen-bond donors (Lipinski definition) is 1. The Bertz CT molecular complexity index is 732. The molecule has 1 aromatic heterocycles. The van der Waals surface area contributed by atoms with Gasteiger partial charge in [-0.05, 0) is 12.5 Å². The van der Waals surface area contributed by atoms with Gasteiger partial charge in [-0.15, -0.1) is 0 Å². The van der Waals surface area contributed by atoms with Gasteiger partial charge < -0.3 is 4.74 Å². The van der Waals surface area contributed by atoms with E-state index < -0.39 is 11.2 Å². The van der Waals surface area contributed by atoms with Crippen LogP contribution in [0, 0.1) is 0 Å². The van der Waals surface area contributed by atoms with Crippen LogP contribution in [0.15, 0.2) is 39.9 Å². The number of nitrogens with one attached hydrogen (secondary N) is 1. The van der Waals surface area contributed by atoms with Crippen molar-refractivity contribution in [2.24, 2.45) is 0 Å². The molecule has 2 rings (SSSR count). The molecule has 0 fully saturated rings. The normalized spacial score (nSPS) is 10.5. The van der Waals surface area contributed by atoms with Crippen molar-refractivity contribution in [1.82, 2.24) is 9.55 Å². The monoisotopic (exact) mass is 288 g/mol. The van der Waals surface area contributed by atoms with Gasteiger partial charge in [0.15, 0.2) is 6.29 Å². The maximum absolute atomic E-state index is 11.9. The zero-order chi connectivity index (χ0) is 15.2. The summed E-state index contributed by atoms with van der Waals surface area (Å²) < 4.78 is 6.52. The fourth-order valence-electron chi connectivity index (χ4n) is 2.05. The summed E-state index contributed by atoms with van der Waals surface area (Å²) in [5.74, 6) is 0. The van der Waals surface area contributed by atoms with Gasteiger partial charge >= 0.3 is 5.69 Å². The van der Waals surface area contributed by atoms with Crippen LogP contribution in [-0.2, 0) is 17.9 Å². The van der Waals surface area contributed by atoms with Crippen molar-refractivity contribution < 1.29 is 9.53 Å². The fourth-order valence-corrected chi connectivity index (χ4v) is 2.05. The second-order valence-corrected chi connectivity index (χ2v) is 4.45. The molecule has 0 radical (unpaired) electrons. The standard InChI is InChI=1S/C15H16N2O4/c1-2-21-10-17-13(8-11-6-4-3-5-7-11)12(9-18)14(19)16-15(17)20/h3-7,9H,2,8,10H2,1H3,(H,16,19,20). The molecule has 0 saturated carbocycles. The number of rotatable bonds is 6. The van der Waals surface area contributed by atoms with Gasteiger partial charge in [0.2, 0.25) is 0 Å². The molecule has 1 aromatic carbocycles. The quantitative estimate of drug-likeness (QED) is 0.802. The Morgan fingerprint density at radius 3 is 2.57 bits per heavy atom. The minimum atomic E-state index is -0.673. The van der Waals surface area contributed by atoms with Crippen molar-refractivity contribution in [2.45, 2.75) is 20.1 Å². The Morgan fingerprint density at radius 2 is 1.95 bits per heavy atom. The molecule has 0 amide bonds. The number of ether oxygens (including phenoxy) is 1. The van der Waals surface area contributed by atoms with E-state index in [1.807, 2.05) is 30.3 Å². The lowest BCUT2D eigenvalue weighted by Crippen LogP contribution is -2.36. The number of aldehydes is 1. The molecule has 6 heteroatoms. The minimum absolute atomic E-state index is 0.00484.